The van der Waals surface area contributed by atoms with Crippen molar-refractivity contribution >= 4 is 51.4 Å². The van der Waals surface area contributed by atoms with Gasteiger partial charge in [0, 0.05) is 12.2 Å². The molecule has 0 radical (unpaired) electrons. The van der Waals surface area contributed by atoms with Gasteiger partial charge in [-0.05, 0) is 6.42 Å². The fraction of sp³-hybridized carbons (Fsp3) is 0.667. The predicted molar refractivity (Wildman–Crippen MR) is 88.6 cm³/mol. The first-order valence-electron chi connectivity index (χ1n) is 6.94. The van der Waals surface area contributed by atoms with E-state index in [2.05, 4.69) is 21.2 Å². The van der Waals surface area contributed by atoms with Crippen molar-refractivity contribution in [3.63, 3.8) is 0 Å². The van der Waals surface area contributed by atoms with Crippen molar-refractivity contribution in [1.29, 1.82) is 0 Å². The van der Waals surface area contributed by atoms with E-state index >= 15 is 0 Å². The van der Waals surface area contributed by atoms with Gasteiger partial charge in [0.05, 0.1) is 0 Å². The lowest BCUT2D eigenvalue weighted by atomic mass is 10.1. The van der Waals surface area contributed by atoms with E-state index in [1.54, 1.807) is 0 Å². The third kappa shape index (κ3) is 10.5. The maximum Gasteiger partial charge on any atom is 0.410 e. The molecule has 150 valence electrons. The van der Waals surface area contributed by atoms with Crippen molar-refractivity contribution in [1.82, 2.24) is 10.6 Å². The molecule has 2 amide bonds. The quantitative estimate of drug-likeness (QED) is 0.263. The van der Waals surface area contributed by atoms with Crippen LogP contribution in [0, 0.1) is 0 Å². The van der Waals surface area contributed by atoms with Gasteiger partial charge in [-0.1, -0.05) is 15.9 Å². The Labute approximate surface area is 158 Å². The number of alkyl halides is 4. The van der Waals surface area contributed by atoms with Crippen LogP contribution in [-0.2, 0) is 19.2 Å². The molecule has 0 spiro atoms. The van der Waals surface area contributed by atoms with E-state index in [4.69, 9.17) is 15.9 Å². The number of amides is 2. The number of thioether (sulfide) groups is 1. The monoisotopic (exact) mass is 467 g/mol. The van der Waals surface area contributed by atoms with Crippen LogP contribution in [0.15, 0.2) is 0 Å². The van der Waals surface area contributed by atoms with Crippen molar-refractivity contribution in [2.45, 2.75) is 35.3 Å². The van der Waals surface area contributed by atoms with Crippen LogP contribution in [0.5, 0.6) is 0 Å². The van der Waals surface area contributed by atoms with E-state index < -0.39 is 58.5 Å². The summed E-state index contributed by atoms with van der Waals surface area (Å²) >= 11 is 2.66. The molecule has 0 heterocycles. The zero-order valence-electron chi connectivity index (χ0n) is 13.1. The van der Waals surface area contributed by atoms with Gasteiger partial charge in [0.15, 0.2) is 4.16 Å². The molecule has 0 aromatic rings. The number of hydrogen-bond donors (Lipinski definition) is 5. The molecule has 0 aliphatic rings. The molecule has 0 aromatic carbocycles. The van der Waals surface area contributed by atoms with Crippen molar-refractivity contribution in [3.05, 3.63) is 0 Å². The smallest absolute Gasteiger partial charge is 0.410 e. The Bertz CT molecular complexity index is 537. The summed E-state index contributed by atoms with van der Waals surface area (Å²) in [5.74, 6) is -5.01. The number of nitrogens with two attached hydrogens (primary N) is 1. The summed E-state index contributed by atoms with van der Waals surface area (Å²) in [5.41, 5.74) is 5.22. The lowest BCUT2D eigenvalue weighted by Gasteiger charge is -2.20. The minimum atomic E-state index is -4.59. The molecule has 6 N–H and O–H groups in total. The van der Waals surface area contributed by atoms with Crippen molar-refractivity contribution in [2.24, 2.45) is 5.73 Å². The minimum Gasteiger partial charge on any atom is -0.480 e. The maximum atomic E-state index is 12.5. The molecule has 14 heteroatoms. The number of halogens is 4. The van der Waals surface area contributed by atoms with Gasteiger partial charge in [-0.3, -0.25) is 19.2 Å². The van der Waals surface area contributed by atoms with Crippen LogP contribution < -0.4 is 16.4 Å². The predicted octanol–water partition coefficient (Wildman–Crippen LogP) is -0.119. The standard InChI is InChI=1S/C12H17BrF3N3O6S/c13-11(12(14,15)16)26-4-6(9(23)18-3-8(21)22)19-7(20)2-1-5(17)10(24)25/h5-6,11H,1-4,17H2,(H,18,23)(H,19,20)(H,21,22)(H,24,25). The second-order valence-electron chi connectivity index (χ2n) is 4.91. The average molecular weight is 468 g/mol. The van der Waals surface area contributed by atoms with E-state index in [9.17, 15) is 32.3 Å². The Morgan fingerprint density at radius 1 is 1.19 bits per heavy atom. The zero-order chi connectivity index (χ0) is 20.5. The molecular weight excluding hydrogens is 451 g/mol. The Kier molecular flexibility index (Phi) is 10.6. The van der Waals surface area contributed by atoms with Crippen LogP contribution in [0.25, 0.3) is 0 Å². The molecule has 26 heavy (non-hydrogen) atoms. The summed E-state index contributed by atoms with van der Waals surface area (Å²) in [6.07, 6.45) is -5.22. The van der Waals surface area contributed by atoms with Gasteiger partial charge < -0.3 is 26.6 Å². The first-order valence-corrected chi connectivity index (χ1v) is 8.90. The molecule has 0 fully saturated rings. The van der Waals surface area contributed by atoms with E-state index in [1.807, 2.05) is 5.32 Å². The van der Waals surface area contributed by atoms with Crippen molar-refractivity contribution in [3.8, 4) is 0 Å². The lowest BCUT2D eigenvalue weighted by molar-refractivity contribution is -0.139. The zero-order valence-corrected chi connectivity index (χ0v) is 15.5. The molecule has 3 atom stereocenters. The highest BCUT2D eigenvalue weighted by Gasteiger charge is 2.39. The summed E-state index contributed by atoms with van der Waals surface area (Å²) in [5, 5.41) is 21.2. The first kappa shape index (κ1) is 24.5. The Hall–Kier alpha value is -1.54. The van der Waals surface area contributed by atoms with E-state index in [0.717, 1.165) is 0 Å². The summed E-state index contributed by atoms with van der Waals surface area (Å²) in [6.45, 7) is -0.781. The maximum absolute atomic E-state index is 12.5. The summed E-state index contributed by atoms with van der Waals surface area (Å²) < 4.78 is 35.5. The van der Waals surface area contributed by atoms with Gasteiger partial charge in [0.1, 0.15) is 18.6 Å². The van der Waals surface area contributed by atoms with E-state index in [1.165, 1.54) is 0 Å². The van der Waals surface area contributed by atoms with E-state index in [0.29, 0.717) is 0 Å². The fourth-order valence-corrected chi connectivity index (χ4v) is 2.66. The lowest BCUT2D eigenvalue weighted by Crippen LogP contribution is -2.50. The molecule has 0 saturated heterocycles. The normalized spacial score (nSPS) is 14.8. The Morgan fingerprint density at radius 2 is 1.77 bits per heavy atom. The number of carbonyl (C=O) groups excluding carboxylic acids is 2. The first-order chi connectivity index (χ1) is 11.8. The Morgan fingerprint density at radius 3 is 2.23 bits per heavy atom. The van der Waals surface area contributed by atoms with Gasteiger partial charge in [-0.25, -0.2) is 0 Å². The average Bonchev–Trinajstić information content (AvgIpc) is 2.52. The Balaban J connectivity index is 4.80. The summed E-state index contributed by atoms with van der Waals surface area (Å²) in [6, 6.07) is -2.76. The van der Waals surface area contributed by atoms with Gasteiger partial charge in [0.2, 0.25) is 11.8 Å². The molecule has 0 rings (SSSR count). The van der Waals surface area contributed by atoms with Crippen LogP contribution in [0.4, 0.5) is 13.2 Å². The molecule has 0 saturated carbocycles. The summed E-state index contributed by atoms with van der Waals surface area (Å²) in [4.78, 5) is 44.7. The van der Waals surface area contributed by atoms with Crippen LogP contribution in [0.1, 0.15) is 12.8 Å². The molecule has 0 aromatic heterocycles. The number of aliphatic carboxylic acids is 2. The number of carbonyl (C=O) groups is 4. The number of hydrogen-bond acceptors (Lipinski definition) is 6. The van der Waals surface area contributed by atoms with E-state index in [-0.39, 0.29) is 24.6 Å². The number of carboxylic acid groups (broad SMARTS) is 2. The van der Waals surface area contributed by atoms with Crippen molar-refractivity contribution < 1.29 is 42.6 Å². The highest BCUT2D eigenvalue weighted by atomic mass is 79.9. The molecular formula is C12H17BrF3N3O6S. The second kappa shape index (κ2) is 11.2. The molecule has 0 aliphatic carbocycles. The SMILES string of the molecule is NC(CCC(=O)NC(CSC(Br)C(F)(F)F)C(=O)NCC(=O)O)C(=O)O. The third-order valence-corrected chi connectivity index (χ3v) is 5.13. The second-order valence-corrected chi connectivity index (χ2v) is 7.57. The van der Waals surface area contributed by atoms with Crippen molar-refractivity contribution in [2.75, 3.05) is 12.3 Å². The van der Waals surface area contributed by atoms with Gasteiger partial charge in [-0.2, -0.15) is 13.2 Å². The highest BCUT2D eigenvalue weighted by Crippen LogP contribution is 2.34. The number of rotatable bonds is 11. The molecule has 0 bridgehead atoms. The third-order valence-electron chi connectivity index (χ3n) is 2.73. The minimum absolute atomic E-state index is 0.249. The highest BCUT2D eigenvalue weighted by molar-refractivity contribution is 9.11. The van der Waals surface area contributed by atoms with Crippen LogP contribution in [-0.4, -0.2) is 68.7 Å². The largest absolute Gasteiger partial charge is 0.480 e. The van der Waals surface area contributed by atoms with Crippen LogP contribution in [0.3, 0.4) is 0 Å². The van der Waals surface area contributed by atoms with Gasteiger partial charge in [-0.15, -0.1) is 11.8 Å². The van der Waals surface area contributed by atoms with Gasteiger partial charge >= 0.3 is 18.1 Å². The topological polar surface area (TPSA) is 159 Å². The molecule has 3 unspecified atom stereocenters. The number of carboxylic acids is 2. The fourth-order valence-electron chi connectivity index (χ4n) is 1.42. The molecule has 0 aliphatic heterocycles. The number of nitrogens with one attached hydrogen (secondary N) is 2. The summed E-state index contributed by atoms with van der Waals surface area (Å²) in [7, 11) is 0. The van der Waals surface area contributed by atoms with Gasteiger partial charge in [0.25, 0.3) is 0 Å². The molecule has 9 nitrogen and oxygen atoms in total. The van der Waals surface area contributed by atoms with Crippen LogP contribution >= 0.6 is 27.7 Å². The van der Waals surface area contributed by atoms with Crippen LogP contribution in [0.2, 0.25) is 0 Å².